The van der Waals surface area contributed by atoms with Gasteiger partial charge in [-0.1, -0.05) is 0 Å². The SMILES string of the molecule is Cc1cncn1CC(=O)N1CCNCC1. The zero-order chi connectivity index (χ0) is 10.7. The molecule has 0 saturated carbocycles. The summed E-state index contributed by atoms with van der Waals surface area (Å²) in [7, 11) is 0. The van der Waals surface area contributed by atoms with Gasteiger partial charge in [-0.3, -0.25) is 4.79 Å². The van der Waals surface area contributed by atoms with Gasteiger partial charge in [0.2, 0.25) is 5.91 Å². The normalized spacial score (nSPS) is 16.7. The Morgan fingerprint density at radius 1 is 1.53 bits per heavy atom. The van der Waals surface area contributed by atoms with Gasteiger partial charge in [0.1, 0.15) is 6.54 Å². The first-order valence-electron chi connectivity index (χ1n) is 5.22. The van der Waals surface area contributed by atoms with E-state index in [1.54, 1.807) is 12.5 Å². The maximum Gasteiger partial charge on any atom is 0.242 e. The van der Waals surface area contributed by atoms with E-state index in [4.69, 9.17) is 0 Å². The molecule has 2 heterocycles. The Hall–Kier alpha value is -1.36. The van der Waals surface area contributed by atoms with Gasteiger partial charge in [-0.25, -0.2) is 4.98 Å². The molecule has 0 aromatic carbocycles. The lowest BCUT2D eigenvalue weighted by atomic mass is 10.3. The quantitative estimate of drug-likeness (QED) is 0.721. The van der Waals surface area contributed by atoms with Crippen LogP contribution in [0.25, 0.3) is 0 Å². The second kappa shape index (κ2) is 4.44. The zero-order valence-electron chi connectivity index (χ0n) is 8.94. The molecule has 0 aliphatic carbocycles. The molecule has 0 bridgehead atoms. The lowest BCUT2D eigenvalue weighted by Gasteiger charge is -2.27. The molecule has 82 valence electrons. The number of carbonyl (C=O) groups excluding carboxylic acids is 1. The Morgan fingerprint density at radius 3 is 2.87 bits per heavy atom. The predicted octanol–water partition coefficient (Wildman–Crippen LogP) is -0.377. The summed E-state index contributed by atoms with van der Waals surface area (Å²) >= 11 is 0. The highest BCUT2D eigenvalue weighted by Crippen LogP contribution is 2.00. The Balaban J connectivity index is 1.94. The van der Waals surface area contributed by atoms with E-state index in [0.717, 1.165) is 31.9 Å². The summed E-state index contributed by atoms with van der Waals surface area (Å²) in [6.45, 7) is 5.78. The summed E-state index contributed by atoms with van der Waals surface area (Å²) in [6, 6.07) is 0. The van der Waals surface area contributed by atoms with Gasteiger partial charge >= 0.3 is 0 Å². The van der Waals surface area contributed by atoms with E-state index in [9.17, 15) is 4.79 Å². The molecule has 1 aliphatic rings. The molecule has 0 unspecified atom stereocenters. The van der Waals surface area contributed by atoms with Crippen molar-refractivity contribution in [3.63, 3.8) is 0 Å². The van der Waals surface area contributed by atoms with E-state index in [1.807, 2.05) is 16.4 Å². The van der Waals surface area contributed by atoms with Gasteiger partial charge in [0.15, 0.2) is 0 Å². The van der Waals surface area contributed by atoms with Crippen molar-refractivity contribution in [2.45, 2.75) is 13.5 Å². The van der Waals surface area contributed by atoms with Crippen molar-refractivity contribution >= 4 is 5.91 Å². The zero-order valence-corrected chi connectivity index (χ0v) is 8.94. The van der Waals surface area contributed by atoms with E-state index in [-0.39, 0.29) is 5.91 Å². The number of imidazole rings is 1. The number of rotatable bonds is 2. The summed E-state index contributed by atoms with van der Waals surface area (Å²) < 4.78 is 1.88. The molecule has 1 aromatic heterocycles. The number of nitrogens with zero attached hydrogens (tertiary/aromatic N) is 3. The van der Waals surface area contributed by atoms with Gasteiger partial charge in [0, 0.05) is 38.1 Å². The van der Waals surface area contributed by atoms with Gasteiger partial charge in [0.25, 0.3) is 0 Å². The number of piperazine rings is 1. The molecule has 1 amide bonds. The van der Waals surface area contributed by atoms with Crippen LogP contribution in [0.3, 0.4) is 0 Å². The van der Waals surface area contributed by atoms with Crippen LogP contribution in [0.15, 0.2) is 12.5 Å². The minimum Gasteiger partial charge on any atom is -0.339 e. The molecule has 0 spiro atoms. The van der Waals surface area contributed by atoms with Gasteiger partial charge in [-0.05, 0) is 6.92 Å². The standard InChI is InChI=1S/C10H16N4O/c1-9-6-12-8-14(9)7-10(15)13-4-2-11-3-5-13/h6,8,11H,2-5,7H2,1H3. The molecule has 1 N–H and O–H groups in total. The molecule has 15 heavy (non-hydrogen) atoms. The number of amides is 1. The smallest absolute Gasteiger partial charge is 0.242 e. The largest absolute Gasteiger partial charge is 0.339 e. The average Bonchev–Trinajstić information content (AvgIpc) is 2.66. The van der Waals surface area contributed by atoms with E-state index >= 15 is 0 Å². The topological polar surface area (TPSA) is 50.2 Å². The highest BCUT2D eigenvalue weighted by Gasteiger charge is 2.16. The third-order valence-electron chi connectivity index (χ3n) is 2.70. The van der Waals surface area contributed by atoms with Crippen LogP contribution in [0.5, 0.6) is 0 Å². The summed E-state index contributed by atoms with van der Waals surface area (Å²) in [5, 5.41) is 3.23. The molecule has 2 rings (SSSR count). The third-order valence-corrected chi connectivity index (χ3v) is 2.70. The first kappa shape index (κ1) is 10.2. The molecule has 1 aromatic rings. The number of aromatic nitrogens is 2. The van der Waals surface area contributed by atoms with E-state index in [0.29, 0.717) is 6.54 Å². The van der Waals surface area contributed by atoms with Crippen LogP contribution in [0.4, 0.5) is 0 Å². The fourth-order valence-corrected chi connectivity index (χ4v) is 1.71. The molecule has 5 nitrogen and oxygen atoms in total. The second-order valence-electron chi connectivity index (χ2n) is 3.79. The van der Waals surface area contributed by atoms with Gasteiger partial charge in [0.05, 0.1) is 6.33 Å². The number of nitrogens with one attached hydrogen (secondary N) is 1. The molecule has 1 aliphatic heterocycles. The Labute approximate surface area is 89.1 Å². The molecule has 1 saturated heterocycles. The summed E-state index contributed by atoms with van der Waals surface area (Å²) in [5.41, 5.74) is 1.03. The summed E-state index contributed by atoms with van der Waals surface area (Å²) in [5.74, 6) is 0.178. The summed E-state index contributed by atoms with van der Waals surface area (Å²) in [6.07, 6.45) is 3.47. The van der Waals surface area contributed by atoms with Crippen molar-refractivity contribution in [1.82, 2.24) is 19.8 Å². The Kier molecular flexibility index (Phi) is 3.01. The Bertz CT molecular complexity index is 341. The van der Waals surface area contributed by atoms with Crippen LogP contribution in [0, 0.1) is 6.92 Å². The fraction of sp³-hybridized carbons (Fsp3) is 0.600. The van der Waals surface area contributed by atoms with Gasteiger partial charge in [-0.15, -0.1) is 0 Å². The Morgan fingerprint density at radius 2 is 2.27 bits per heavy atom. The molecule has 0 atom stereocenters. The number of hydrogen-bond acceptors (Lipinski definition) is 3. The minimum atomic E-state index is 0.178. The van der Waals surface area contributed by atoms with Crippen LogP contribution in [0.1, 0.15) is 5.69 Å². The average molecular weight is 208 g/mol. The molecular formula is C10H16N4O. The minimum absolute atomic E-state index is 0.178. The lowest BCUT2D eigenvalue weighted by molar-refractivity contribution is -0.132. The van der Waals surface area contributed by atoms with E-state index in [2.05, 4.69) is 10.3 Å². The van der Waals surface area contributed by atoms with Crippen molar-refractivity contribution in [1.29, 1.82) is 0 Å². The van der Waals surface area contributed by atoms with Crippen molar-refractivity contribution < 1.29 is 4.79 Å². The van der Waals surface area contributed by atoms with Gasteiger partial charge in [-0.2, -0.15) is 0 Å². The molecule has 5 heteroatoms. The first-order valence-corrected chi connectivity index (χ1v) is 5.22. The van der Waals surface area contributed by atoms with Crippen molar-refractivity contribution in [3.05, 3.63) is 18.2 Å². The first-order chi connectivity index (χ1) is 7.27. The maximum absolute atomic E-state index is 11.9. The highest BCUT2D eigenvalue weighted by atomic mass is 16.2. The van der Waals surface area contributed by atoms with Crippen LogP contribution in [-0.4, -0.2) is 46.5 Å². The number of hydrogen-bond donors (Lipinski definition) is 1. The fourth-order valence-electron chi connectivity index (χ4n) is 1.71. The molecular weight excluding hydrogens is 192 g/mol. The second-order valence-corrected chi connectivity index (χ2v) is 3.79. The predicted molar refractivity (Wildman–Crippen MR) is 56.4 cm³/mol. The number of aryl methyl sites for hydroxylation is 1. The van der Waals surface area contributed by atoms with Crippen molar-refractivity contribution in [2.24, 2.45) is 0 Å². The monoisotopic (exact) mass is 208 g/mol. The third kappa shape index (κ3) is 2.36. The van der Waals surface area contributed by atoms with Crippen molar-refractivity contribution in [3.8, 4) is 0 Å². The van der Waals surface area contributed by atoms with Crippen LogP contribution < -0.4 is 5.32 Å². The molecule has 0 radical (unpaired) electrons. The van der Waals surface area contributed by atoms with E-state index in [1.165, 1.54) is 0 Å². The van der Waals surface area contributed by atoms with Crippen LogP contribution in [-0.2, 0) is 11.3 Å². The highest BCUT2D eigenvalue weighted by molar-refractivity contribution is 5.76. The van der Waals surface area contributed by atoms with Crippen LogP contribution >= 0.6 is 0 Å². The maximum atomic E-state index is 11.9. The molecule has 1 fully saturated rings. The van der Waals surface area contributed by atoms with E-state index < -0.39 is 0 Å². The van der Waals surface area contributed by atoms with Gasteiger partial charge < -0.3 is 14.8 Å². The number of carbonyl (C=O) groups is 1. The van der Waals surface area contributed by atoms with Crippen molar-refractivity contribution in [2.75, 3.05) is 26.2 Å². The van der Waals surface area contributed by atoms with Crippen LogP contribution in [0.2, 0.25) is 0 Å². The lowest BCUT2D eigenvalue weighted by Crippen LogP contribution is -2.47. The summed E-state index contributed by atoms with van der Waals surface area (Å²) in [4.78, 5) is 17.8.